The van der Waals surface area contributed by atoms with E-state index in [4.69, 9.17) is 0 Å². The first-order valence-corrected chi connectivity index (χ1v) is 9.65. The molecule has 1 amide bonds. The monoisotopic (exact) mass is 372 g/mol. The van der Waals surface area contributed by atoms with E-state index in [1.54, 1.807) is 12.4 Å². The third-order valence-corrected chi connectivity index (χ3v) is 5.88. The van der Waals surface area contributed by atoms with Crippen molar-refractivity contribution in [2.45, 2.75) is 13.5 Å². The van der Waals surface area contributed by atoms with Crippen LogP contribution in [0.4, 0.5) is 4.39 Å². The van der Waals surface area contributed by atoms with Gasteiger partial charge in [0.25, 0.3) is 5.91 Å². The number of hydrogen-bond donors (Lipinski definition) is 0. The van der Waals surface area contributed by atoms with Gasteiger partial charge in [-0.05, 0) is 36.1 Å². The van der Waals surface area contributed by atoms with Crippen molar-refractivity contribution >= 4 is 28.3 Å². The molecule has 1 aliphatic rings. The highest BCUT2D eigenvalue weighted by Crippen LogP contribution is 2.18. The lowest BCUT2D eigenvalue weighted by atomic mass is 10.2. The van der Waals surface area contributed by atoms with Crippen LogP contribution in [0.5, 0.6) is 0 Å². The van der Waals surface area contributed by atoms with Crippen molar-refractivity contribution in [2.75, 3.05) is 32.7 Å². The molecule has 7 heteroatoms. The number of carbonyl (C=O) groups is 1. The van der Waals surface area contributed by atoms with E-state index in [1.807, 2.05) is 23.3 Å². The molecule has 0 aliphatic carbocycles. The van der Waals surface area contributed by atoms with E-state index in [-0.39, 0.29) is 11.7 Å². The Hall–Kier alpha value is -2.25. The predicted molar refractivity (Wildman–Crippen MR) is 101 cm³/mol. The van der Waals surface area contributed by atoms with Gasteiger partial charge in [-0.3, -0.25) is 9.69 Å². The molecule has 3 aromatic rings. The molecule has 1 saturated heterocycles. The Bertz CT molecular complexity index is 927. The quantitative estimate of drug-likeness (QED) is 0.707. The molecule has 0 unspecified atom stereocenters. The molecule has 0 radical (unpaired) electrons. The molecule has 1 aromatic carbocycles. The van der Waals surface area contributed by atoms with Crippen LogP contribution in [0, 0.1) is 12.7 Å². The van der Waals surface area contributed by atoms with Gasteiger partial charge >= 0.3 is 0 Å². The number of piperazine rings is 1. The second kappa shape index (κ2) is 7.17. The first-order valence-electron chi connectivity index (χ1n) is 8.77. The summed E-state index contributed by atoms with van der Waals surface area (Å²) in [6.07, 6.45) is 1.77. The maximum absolute atomic E-state index is 13.3. The highest BCUT2D eigenvalue weighted by Gasteiger charge is 2.22. The number of benzene rings is 1. The number of nitrogens with zero attached hydrogens (tertiary/aromatic N) is 4. The molecule has 5 nitrogen and oxygen atoms in total. The van der Waals surface area contributed by atoms with Crippen molar-refractivity contribution in [1.29, 1.82) is 0 Å². The van der Waals surface area contributed by atoms with E-state index in [0.717, 1.165) is 55.2 Å². The Morgan fingerprint density at radius 3 is 2.73 bits per heavy atom. The van der Waals surface area contributed by atoms with Gasteiger partial charge in [0, 0.05) is 45.3 Å². The SMILES string of the molecule is Cc1csc(C(=O)N2CCN(CCn3cnc4cc(F)ccc43)CC2)c1. The number of rotatable bonds is 4. The predicted octanol–water partition coefficient (Wildman–Crippen LogP) is 3.00. The van der Waals surface area contributed by atoms with E-state index in [2.05, 4.69) is 14.5 Å². The molecule has 136 valence electrons. The zero-order chi connectivity index (χ0) is 18.1. The average Bonchev–Trinajstić information content (AvgIpc) is 3.25. The number of aryl methyl sites for hydroxylation is 1. The lowest BCUT2D eigenvalue weighted by Crippen LogP contribution is -2.49. The molecule has 0 atom stereocenters. The largest absolute Gasteiger partial charge is 0.335 e. The van der Waals surface area contributed by atoms with Crippen molar-refractivity contribution in [3.63, 3.8) is 0 Å². The summed E-state index contributed by atoms with van der Waals surface area (Å²) in [6.45, 7) is 6.97. The smallest absolute Gasteiger partial charge is 0.264 e. The fourth-order valence-corrected chi connectivity index (χ4v) is 4.20. The molecule has 26 heavy (non-hydrogen) atoms. The zero-order valence-corrected chi connectivity index (χ0v) is 15.5. The number of fused-ring (bicyclic) bond motifs is 1. The number of imidazole rings is 1. The number of carbonyl (C=O) groups excluding carboxylic acids is 1. The highest BCUT2D eigenvalue weighted by molar-refractivity contribution is 7.12. The fourth-order valence-electron chi connectivity index (χ4n) is 3.34. The van der Waals surface area contributed by atoms with Crippen molar-refractivity contribution in [2.24, 2.45) is 0 Å². The van der Waals surface area contributed by atoms with Gasteiger partial charge in [0.2, 0.25) is 0 Å². The van der Waals surface area contributed by atoms with Crippen molar-refractivity contribution < 1.29 is 9.18 Å². The molecule has 0 saturated carbocycles. The highest BCUT2D eigenvalue weighted by atomic mass is 32.1. The van der Waals surface area contributed by atoms with Crippen LogP contribution >= 0.6 is 11.3 Å². The molecule has 0 bridgehead atoms. The minimum absolute atomic E-state index is 0.144. The third kappa shape index (κ3) is 3.50. The van der Waals surface area contributed by atoms with Crippen LogP contribution in [0.1, 0.15) is 15.2 Å². The van der Waals surface area contributed by atoms with E-state index >= 15 is 0 Å². The van der Waals surface area contributed by atoms with Crippen LogP contribution in [0.3, 0.4) is 0 Å². The van der Waals surface area contributed by atoms with Gasteiger partial charge in [-0.25, -0.2) is 9.37 Å². The van der Waals surface area contributed by atoms with E-state index in [9.17, 15) is 9.18 Å². The van der Waals surface area contributed by atoms with Gasteiger partial charge in [0.15, 0.2) is 0 Å². The average molecular weight is 372 g/mol. The normalized spacial score (nSPS) is 15.7. The number of aromatic nitrogens is 2. The molecular formula is C19H21FN4OS. The lowest BCUT2D eigenvalue weighted by Gasteiger charge is -2.34. The summed E-state index contributed by atoms with van der Waals surface area (Å²) in [4.78, 5) is 21.9. The summed E-state index contributed by atoms with van der Waals surface area (Å²) < 4.78 is 15.3. The maximum Gasteiger partial charge on any atom is 0.264 e. The Morgan fingerprint density at radius 1 is 1.19 bits per heavy atom. The standard InChI is InChI=1S/C19H21FN4OS/c1-14-10-18(26-12-14)19(25)23-7-4-22(5-8-23)6-9-24-13-21-16-11-15(20)2-3-17(16)24/h2-3,10-13H,4-9H2,1H3. The lowest BCUT2D eigenvalue weighted by molar-refractivity contribution is 0.0638. The summed E-state index contributed by atoms with van der Waals surface area (Å²) in [5.74, 6) is -0.116. The number of amides is 1. The fraction of sp³-hybridized carbons (Fsp3) is 0.368. The molecule has 1 aliphatic heterocycles. The van der Waals surface area contributed by atoms with Crippen molar-refractivity contribution in [3.05, 3.63) is 52.2 Å². The van der Waals surface area contributed by atoms with Gasteiger partial charge in [0.05, 0.1) is 22.2 Å². The van der Waals surface area contributed by atoms with Gasteiger partial charge in [0.1, 0.15) is 5.82 Å². The Balaban J connectivity index is 1.31. The Kier molecular flexibility index (Phi) is 4.74. The Morgan fingerprint density at radius 2 is 2.00 bits per heavy atom. The molecule has 0 spiro atoms. The molecular weight excluding hydrogens is 351 g/mol. The van der Waals surface area contributed by atoms with Gasteiger partial charge in [-0.1, -0.05) is 0 Å². The zero-order valence-electron chi connectivity index (χ0n) is 14.7. The molecule has 4 rings (SSSR count). The first-order chi connectivity index (χ1) is 12.6. The number of thiophene rings is 1. The molecule has 0 N–H and O–H groups in total. The van der Waals surface area contributed by atoms with Gasteiger partial charge < -0.3 is 9.47 Å². The summed E-state index contributed by atoms with van der Waals surface area (Å²) in [7, 11) is 0. The van der Waals surface area contributed by atoms with Crippen LogP contribution in [-0.4, -0.2) is 58.0 Å². The number of hydrogen-bond acceptors (Lipinski definition) is 4. The van der Waals surface area contributed by atoms with Crippen molar-refractivity contribution in [3.8, 4) is 0 Å². The topological polar surface area (TPSA) is 41.4 Å². The van der Waals surface area contributed by atoms with Crippen LogP contribution in [0.15, 0.2) is 36.0 Å². The van der Waals surface area contributed by atoms with E-state index in [1.165, 1.54) is 23.5 Å². The van der Waals surface area contributed by atoms with Crippen LogP contribution in [-0.2, 0) is 6.54 Å². The van der Waals surface area contributed by atoms with E-state index < -0.39 is 0 Å². The maximum atomic E-state index is 13.3. The summed E-state index contributed by atoms with van der Waals surface area (Å²) >= 11 is 1.52. The second-order valence-corrected chi connectivity index (χ2v) is 7.60. The summed E-state index contributed by atoms with van der Waals surface area (Å²) in [6, 6.07) is 6.67. The summed E-state index contributed by atoms with van der Waals surface area (Å²) in [5, 5.41) is 2.02. The third-order valence-electron chi connectivity index (χ3n) is 4.84. The van der Waals surface area contributed by atoms with Gasteiger partial charge in [-0.2, -0.15) is 0 Å². The van der Waals surface area contributed by atoms with E-state index in [0.29, 0.717) is 5.52 Å². The molecule has 2 aromatic heterocycles. The minimum atomic E-state index is -0.260. The van der Waals surface area contributed by atoms with Crippen LogP contribution in [0.2, 0.25) is 0 Å². The molecule has 3 heterocycles. The molecule has 1 fully saturated rings. The minimum Gasteiger partial charge on any atom is -0.335 e. The summed E-state index contributed by atoms with van der Waals surface area (Å²) in [5.41, 5.74) is 2.78. The van der Waals surface area contributed by atoms with Crippen LogP contribution < -0.4 is 0 Å². The Labute approximate surface area is 155 Å². The first kappa shape index (κ1) is 17.2. The van der Waals surface area contributed by atoms with Crippen LogP contribution in [0.25, 0.3) is 11.0 Å². The number of halogens is 1. The second-order valence-electron chi connectivity index (χ2n) is 6.69. The van der Waals surface area contributed by atoms with Crippen molar-refractivity contribution in [1.82, 2.24) is 19.4 Å². The van der Waals surface area contributed by atoms with Gasteiger partial charge in [-0.15, -0.1) is 11.3 Å².